The van der Waals surface area contributed by atoms with E-state index in [1.165, 1.54) is 16.8 Å². The molecule has 4 aromatic rings. The fraction of sp³-hybridized carbons (Fsp3) is 0.263. The van der Waals surface area contributed by atoms with Gasteiger partial charge >= 0.3 is 6.18 Å². The van der Waals surface area contributed by atoms with Crippen LogP contribution in [0.25, 0.3) is 33.5 Å². The summed E-state index contributed by atoms with van der Waals surface area (Å²) in [6.45, 7) is 0.175. The molecule has 5 heterocycles. The van der Waals surface area contributed by atoms with E-state index >= 15 is 0 Å². The molecular formula is C19H14F4N6O. The predicted molar refractivity (Wildman–Crippen MR) is 97.5 cm³/mol. The molecule has 0 fully saturated rings. The number of hydrogen-bond acceptors (Lipinski definition) is 5. The van der Waals surface area contributed by atoms with Crippen molar-refractivity contribution >= 4 is 11.0 Å². The van der Waals surface area contributed by atoms with Gasteiger partial charge in [-0.05, 0) is 25.1 Å². The van der Waals surface area contributed by atoms with Gasteiger partial charge in [0, 0.05) is 22.7 Å². The summed E-state index contributed by atoms with van der Waals surface area (Å²) in [4.78, 5) is 8.28. The van der Waals surface area contributed by atoms with Crippen LogP contribution in [0.4, 0.5) is 17.6 Å². The second kappa shape index (κ2) is 6.33. The number of nitrogens with one attached hydrogen (secondary N) is 1. The summed E-state index contributed by atoms with van der Waals surface area (Å²) in [5.74, 6) is -0.529. The first-order valence-electron chi connectivity index (χ1n) is 8.97. The van der Waals surface area contributed by atoms with Crippen molar-refractivity contribution in [2.24, 2.45) is 0 Å². The van der Waals surface area contributed by atoms with Crippen LogP contribution in [0.3, 0.4) is 0 Å². The van der Waals surface area contributed by atoms with Gasteiger partial charge in [0.05, 0.1) is 36.9 Å². The fourth-order valence-electron chi connectivity index (χ4n) is 3.55. The smallest absolute Gasteiger partial charge is 0.358 e. The van der Waals surface area contributed by atoms with Crippen LogP contribution in [0.2, 0.25) is 0 Å². The van der Waals surface area contributed by atoms with Gasteiger partial charge in [-0.3, -0.25) is 14.8 Å². The third-order valence-corrected chi connectivity index (χ3v) is 5.23. The molecule has 1 aliphatic heterocycles. The molecule has 0 radical (unpaired) electrons. The van der Waals surface area contributed by atoms with E-state index in [4.69, 9.17) is 4.74 Å². The zero-order valence-corrected chi connectivity index (χ0v) is 15.5. The average molecular weight is 418 g/mol. The van der Waals surface area contributed by atoms with Crippen molar-refractivity contribution in [1.82, 2.24) is 29.9 Å². The molecule has 154 valence electrons. The largest absolute Gasteiger partial charge is 0.419 e. The summed E-state index contributed by atoms with van der Waals surface area (Å²) in [7, 11) is 0. The molecule has 0 saturated heterocycles. The van der Waals surface area contributed by atoms with Crippen LogP contribution in [0.1, 0.15) is 12.6 Å². The molecule has 1 N–H and O–H groups in total. The molecule has 1 aliphatic rings. The number of H-pyrrole nitrogens is 1. The topological polar surface area (TPSA) is 81.5 Å². The summed E-state index contributed by atoms with van der Waals surface area (Å²) in [5, 5.41) is 11.9. The molecule has 0 spiro atoms. The van der Waals surface area contributed by atoms with Crippen molar-refractivity contribution < 1.29 is 22.3 Å². The minimum atomic E-state index is -4.57. The second-order valence-electron chi connectivity index (χ2n) is 7.20. The first-order valence-corrected chi connectivity index (χ1v) is 8.97. The van der Waals surface area contributed by atoms with Gasteiger partial charge in [0.1, 0.15) is 11.5 Å². The number of fused-ring (bicyclic) bond motifs is 2. The molecule has 7 nitrogen and oxygen atoms in total. The Morgan fingerprint density at radius 3 is 2.73 bits per heavy atom. The number of rotatable bonds is 2. The Labute approximate surface area is 166 Å². The molecule has 0 amide bonds. The quantitative estimate of drug-likeness (QED) is 0.500. The number of aromatic amines is 1. The van der Waals surface area contributed by atoms with Crippen LogP contribution in [-0.2, 0) is 17.9 Å². The van der Waals surface area contributed by atoms with E-state index in [-0.39, 0.29) is 6.61 Å². The van der Waals surface area contributed by atoms with Gasteiger partial charge in [0.15, 0.2) is 11.2 Å². The van der Waals surface area contributed by atoms with Gasteiger partial charge in [-0.15, -0.1) is 0 Å². The standard InChI is InChI=1S/C19H14F4N6O/c1-18(19(21,22)23)9-29-14(8-30-18)15(11-4-5-24-17-12(11)7-26-27-17)16(28-29)13-3-2-10(20)6-25-13/h2-7H,8-9H2,1H3,(H,24,26,27)/t18-/m1/s1. The maximum atomic E-state index is 13.5. The first kappa shape index (κ1) is 18.7. The molecule has 0 saturated carbocycles. The SMILES string of the molecule is C[C@]1(C(F)(F)F)Cn2nc(-c3ccc(F)cn3)c(-c3ccnc4[nH]ncc34)c2CO1. The maximum absolute atomic E-state index is 13.5. The van der Waals surface area contributed by atoms with Gasteiger partial charge in [0.2, 0.25) is 0 Å². The number of ether oxygens (including phenoxy) is 1. The van der Waals surface area contributed by atoms with E-state index in [1.807, 2.05) is 0 Å². The summed E-state index contributed by atoms with van der Waals surface area (Å²) >= 11 is 0. The average Bonchev–Trinajstić information content (AvgIpc) is 3.31. The maximum Gasteiger partial charge on any atom is 0.419 e. The van der Waals surface area contributed by atoms with Gasteiger partial charge in [-0.25, -0.2) is 9.37 Å². The minimum Gasteiger partial charge on any atom is -0.358 e. The van der Waals surface area contributed by atoms with E-state index in [9.17, 15) is 17.6 Å². The van der Waals surface area contributed by atoms with E-state index in [1.54, 1.807) is 18.5 Å². The van der Waals surface area contributed by atoms with Gasteiger partial charge in [-0.2, -0.15) is 23.4 Å². The third kappa shape index (κ3) is 2.76. The van der Waals surface area contributed by atoms with Crippen LogP contribution in [0.5, 0.6) is 0 Å². The first-order chi connectivity index (χ1) is 14.3. The van der Waals surface area contributed by atoms with Crippen molar-refractivity contribution in [3.63, 3.8) is 0 Å². The molecule has 5 rings (SSSR count). The molecule has 11 heteroatoms. The van der Waals surface area contributed by atoms with Crippen LogP contribution >= 0.6 is 0 Å². The van der Waals surface area contributed by atoms with Gasteiger partial charge in [0.25, 0.3) is 0 Å². The highest BCUT2D eigenvalue weighted by atomic mass is 19.4. The lowest BCUT2D eigenvalue weighted by atomic mass is 9.98. The molecule has 1 atom stereocenters. The summed E-state index contributed by atoms with van der Waals surface area (Å²) in [6, 6.07) is 4.38. The number of nitrogens with zero attached hydrogens (tertiary/aromatic N) is 5. The van der Waals surface area contributed by atoms with E-state index in [2.05, 4.69) is 25.3 Å². The fourth-order valence-corrected chi connectivity index (χ4v) is 3.55. The van der Waals surface area contributed by atoms with Crippen LogP contribution < -0.4 is 0 Å². The van der Waals surface area contributed by atoms with Gasteiger partial charge in [-0.1, -0.05) is 0 Å². The zero-order chi connectivity index (χ0) is 21.1. The number of halogens is 4. The highest BCUT2D eigenvalue weighted by Gasteiger charge is 2.55. The molecular weight excluding hydrogens is 404 g/mol. The summed E-state index contributed by atoms with van der Waals surface area (Å²) in [6.07, 6.45) is -0.397. The third-order valence-electron chi connectivity index (χ3n) is 5.23. The Morgan fingerprint density at radius 2 is 2.00 bits per heavy atom. The Balaban J connectivity index is 1.75. The number of alkyl halides is 3. The minimum absolute atomic E-state index is 0.304. The number of pyridine rings is 2. The lowest BCUT2D eigenvalue weighted by Gasteiger charge is -2.36. The van der Waals surface area contributed by atoms with Crippen molar-refractivity contribution in [1.29, 1.82) is 0 Å². The molecule has 0 unspecified atom stereocenters. The van der Waals surface area contributed by atoms with Crippen LogP contribution in [0, 0.1) is 5.82 Å². The van der Waals surface area contributed by atoms with Crippen molar-refractivity contribution in [2.75, 3.05) is 0 Å². The summed E-state index contributed by atoms with van der Waals surface area (Å²) in [5.41, 5.74) is 0.473. The predicted octanol–water partition coefficient (Wildman–Crippen LogP) is 3.87. The van der Waals surface area contributed by atoms with E-state index in [0.29, 0.717) is 39.2 Å². The van der Waals surface area contributed by atoms with E-state index < -0.39 is 24.1 Å². The Kier molecular flexibility index (Phi) is 3.94. The lowest BCUT2D eigenvalue weighted by Crippen LogP contribution is -2.51. The van der Waals surface area contributed by atoms with Crippen LogP contribution in [-0.4, -0.2) is 41.7 Å². The van der Waals surface area contributed by atoms with Crippen LogP contribution in [0.15, 0.2) is 36.8 Å². The highest BCUT2D eigenvalue weighted by Crippen LogP contribution is 2.43. The molecule has 30 heavy (non-hydrogen) atoms. The Bertz CT molecular complexity index is 1250. The van der Waals surface area contributed by atoms with Crippen molar-refractivity contribution in [3.8, 4) is 22.5 Å². The molecule has 0 aromatic carbocycles. The monoisotopic (exact) mass is 418 g/mol. The molecule has 4 aromatic heterocycles. The number of aromatic nitrogens is 6. The lowest BCUT2D eigenvalue weighted by molar-refractivity contribution is -0.287. The van der Waals surface area contributed by atoms with Gasteiger partial charge < -0.3 is 4.74 Å². The zero-order valence-electron chi connectivity index (χ0n) is 15.5. The normalized spacial score (nSPS) is 19.2. The number of hydrogen-bond donors (Lipinski definition) is 1. The second-order valence-corrected chi connectivity index (χ2v) is 7.20. The van der Waals surface area contributed by atoms with E-state index in [0.717, 1.165) is 13.1 Å². The van der Waals surface area contributed by atoms with Crippen molar-refractivity contribution in [2.45, 2.75) is 31.9 Å². The molecule has 0 aliphatic carbocycles. The summed E-state index contributed by atoms with van der Waals surface area (Å²) < 4.78 is 60.6. The molecule has 0 bridgehead atoms. The Hall–Kier alpha value is -3.34. The highest BCUT2D eigenvalue weighted by molar-refractivity contribution is 5.97. The Morgan fingerprint density at radius 1 is 1.17 bits per heavy atom. The van der Waals surface area contributed by atoms with Crippen molar-refractivity contribution in [3.05, 3.63) is 48.3 Å².